The number of nitrogens with zero attached hydrogens (tertiary/aromatic N) is 1. The van der Waals surface area contributed by atoms with E-state index in [1.54, 1.807) is 13.0 Å². The lowest BCUT2D eigenvalue weighted by Gasteiger charge is -2.02. The van der Waals surface area contributed by atoms with Gasteiger partial charge in [0.25, 0.3) is 0 Å². The molecule has 0 bridgehead atoms. The lowest BCUT2D eigenvalue weighted by atomic mass is 10.1. The van der Waals surface area contributed by atoms with Gasteiger partial charge < -0.3 is 4.84 Å². The van der Waals surface area contributed by atoms with E-state index in [1.807, 2.05) is 54.6 Å². The molecule has 3 nitrogen and oxygen atoms in total. The molecule has 0 aliphatic rings. The number of carbonyl (C=O) groups is 1. The Kier molecular flexibility index (Phi) is 5.04. The summed E-state index contributed by atoms with van der Waals surface area (Å²) in [4.78, 5) is 16.7. The minimum atomic E-state index is -0.372. The molecule has 0 N–H and O–H groups in total. The molecule has 3 heteroatoms. The van der Waals surface area contributed by atoms with Crippen molar-refractivity contribution in [3.8, 4) is 0 Å². The van der Waals surface area contributed by atoms with Gasteiger partial charge in [0.1, 0.15) is 0 Å². The summed E-state index contributed by atoms with van der Waals surface area (Å²) >= 11 is 0. The average molecular weight is 279 g/mol. The summed E-state index contributed by atoms with van der Waals surface area (Å²) < 4.78 is 0. The van der Waals surface area contributed by atoms with Gasteiger partial charge in [0.2, 0.25) is 0 Å². The number of benzene rings is 2. The summed E-state index contributed by atoms with van der Waals surface area (Å²) in [5.41, 5.74) is 3.51. The Morgan fingerprint density at radius 3 is 2.43 bits per heavy atom. The van der Waals surface area contributed by atoms with Crippen molar-refractivity contribution >= 4 is 17.8 Å². The minimum Gasteiger partial charge on any atom is -0.318 e. The second-order valence-electron chi connectivity index (χ2n) is 4.63. The maximum Gasteiger partial charge on any atom is 0.339 e. The molecule has 0 aromatic heterocycles. The molecule has 0 unspecified atom stereocenters. The van der Waals surface area contributed by atoms with Crippen LogP contribution in [0.15, 0.2) is 66.3 Å². The molecule has 0 amide bonds. The highest BCUT2D eigenvalue weighted by atomic mass is 16.7. The van der Waals surface area contributed by atoms with E-state index >= 15 is 0 Å². The number of hydrogen-bond donors (Lipinski definition) is 0. The van der Waals surface area contributed by atoms with Crippen LogP contribution in [0.3, 0.4) is 0 Å². The topological polar surface area (TPSA) is 38.7 Å². The molecule has 2 rings (SSSR count). The fraction of sp³-hybridized carbons (Fsp3) is 0.111. The van der Waals surface area contributed by atoms with Crippen molar-refractivity contribution in [2.24, 2.45) is 5.16 Å². The molecule has 0 aliphatic heterocycles. The van der Waals surface area contributed by atoms with Gasteiger partial charge in [-0.3, -0.25) is 0 Å². The van der Waals surface area contributed by atoms with E-state index < -0.39 is 0 Å². The smallest absolute Gasteiger partial charge is 0.318 e. The Hall–Kier alpha value is -2.68. The number of rotatable bonds is 5. The van der Waals surface area contributed by atoms with Gasteiger partial charge in [-0.1, -0.05) is 72.4 Å². The maximum atomic E-state index is 11.7. The second kappa shape index (κ2) is 7.20. The van der Waals surface area contributed by atoms with E-state index in [1.165, 1.54) is 0 Å². The van der Waals surface area contributed by atoms with Gasteiger partial charge in [0, 0.05) is 0 Å². The molecule has 0 saturated heterocycles. The molecule has 0 atom stereocenters. The first-order valence-electron chi connectivity index (χ1n) is 6.70. The lowest BCUT2D eigenvalue weighted by molar-refractivity contribution is -0.142. The van der Waals surface area contributed by atoms with E-state index in [9.17, 15) is 4.79 Å². The highest BCUT2D eigenvalue weighted by Crippen LogP contribution is 2.07. The van der Waals surface area contributed by atoms with Crippen molar-refractivity contribution in [2.75, 3.05) is 0 Å². The molecule has 106 valence electrons. The predicted molar refractivity (Wildman–Crippen MR) is 85.0 cm³/mol. The summed E-state index contributed by atoms with van der Waals surface area (Å²) in [6, 6.07) is 17.2. The summed E-state index contributed by atoms with van der Waals surface area (Å²) in [7, 11) is 0. The van der Waals surface area contributed by atoms with Gasteiger partial charge in [-0.25, -0.2) is 4.79 Å². The summed E-state index contributed by atoms with van der Waals surface area (Å²) in [5.74, 6) is -0.372. The average Bonchev–Trinajstić information content (AvgIpc) is 2.53. The van der Waals surface area contributed by atoms with E-state index in [0.29, 0.717) is 5.71 Å². The van der Waals surface area contributed by atoms with Gasteiger partial charge in [0.15, 0.2) is 0 Å². The Morgan fingerprint density at radius 1 is 1.14 bits per heavy atom. The van der Waals surface area contributed by atoms with Crippen molar-refractivity contribution < 1.29 is 9.63 Å². The van der Waals surface area contributed by atoms with Crippen LogP contribution >= 0.6 is 0 Å². The Morgan fingerprint density at radius 2 is 1.81 bits per heavy atom. The molecule has 0 spiro atoms. The molecule has 0 heterocycles. The zero-order chi connectivity index (χ0) is 15.1. The second-order valence-corrected chi connectivity index (χ2v) is 4.63. The molecule has 2 aromatic carbocycles. The van der Waals surface area contributed by atoms with Crippen molar-refractivity contribution in [1.29, 1.82) is 0 Å². The predicted octanol–water partition coefficient (Wildman–Crippen LogP) is 3.84. The van der Waals surface area contributed by atoms with Crippen LogP contribution in [0.5, 0.6) is 0 Å². The quantitative estimate of drug-likeness (QED) is 0.474. The van der Waals surface area contributed by atoms with Crippen LogP contribution in [0.25, 0.3) is 6.08 Å². The van der Waals surface area contributed by atoms with Gasteiger partial charge in [-0.05, 0) is 23.6 Å². The first-order valence-corrected chi connectivity index (χ1v) is 6.70. The van der Waals surface area contributed by atoms with E-state index in [2.05, 4.69) is 11.7 Å². The fourth-order valence-corrected chi connectivity index (χ4v) is 1.83. The Bertz CT molecular complexity index is 643. The van der Waals surface area contributed by atoms with Gasteiger partial charge in [-0.15, -0.1) is 0 Å². The Labute approximate surface area is 124 Å². The third kappa shape index (κ3) is 4.42. The van der Waals surface area contributed by atoms with E-state index in [0.717, 1.165) is 16.7 Å². The minimum absolute atomic E-state index is 0.215. The van der Waals surface area contributed by atoms with Crippen molar-refractivity contribution in [3.63, 3.8) is 0 Å². The van der Waals surface area contributed by atoms with Gasteiger partial charge in [0.05, 0.1) is 12.1 Å². The molecule has 0 radical (unpaired) electrons. The third-order valence-corrected chi connectivity index (χ3v) is 3.04. The molecular weight excluding hydrogens is 262 g/mol. The highest BCUT2D eigenvalue weighted by Gasteiger charge is 2.05. The number of carbonyl (C=O) groups excluding carboxylic acids is 1. The van der Waals surface area contributed by atoms with Crippen LogP contribution < -0.4 is 0 Å². The third-order valence-electron chi connectivity index (χ3n) is 3.04. The molecule has 0 saturated carbocycles. The van der Waals surface area contributed by atoms with Gasteiger partial charge >= 0.3 is 5.97 Å². The lowest BCUT2D eigenvalue weighted by Crippen LogP contribution is -2.06. The first kappa shape index (κ1) is 14.7. The normalized spacial score (nSPS) is 11.0. The number of oxime groups is 1. The van der Waals surface area contributed by atoms with Crippen LogP contribution in [0.1, 0.15) is 23.6 Å². The van der Waals surface area contributed by atoms with E-state index in [4.69, 9.17) is 4.84 Å². The van der Waals surface area contributed by atoms with E-state index in [-0.39, 0.29) is 12.4 Å². The molecule has 2 aromatic rings. The van der Waals surface area contributed by atoms with Crippen LogP contribution in [-0.2, 0) is 16.1 Å². The van der Waals surface area contributed by atoms with Crippen LogP contribution in [0, 0.1) is 0 Å². The Balaban J connectivity index is 1.96. The van der Waals surface area contributed by atoms with Crippen LogP contribution in [0.2, 0.25) is 0 Å². The maximum absolute atomic E-state index is 11.7. The van der Waals surface area contributed by atoms with Crippen molar-refractivity contribution in [2.45, 2.75) is 13.3 Å². The zero-order valence-corrected chi connectivity index (χ0v) is 12.0. The van der Waals surface area contributed by atoms with Crippen LogP contribution in [-0.4, -0.2) is 11.7 Å². The summed E-state index contributed by atoms with van der Waals surface area (Å²) in [6.45, 7) is 5.51. The molecule has 0 fully saturated rings. The zero-order valence-electron chi connectivity index (χ0n) is 12.0. The SMILES string of the molecule is C=Cc1ccc(C(C)=NOC(=O)Cc2ccccc2)cc1. The molecule has 0 aliphatic carbocycles. The number of hydrogen-bond acceptors (Lipinski definition) is 3. The fourth-order valence-electron chi connectivity index (χ4n) is 1.83. The van der Waals surface area contributed by atoms with Crippen molar-refractivity contribution in [1.82, 2.24) is 0 Å². The van der Waals surface area contributed by atoms with Crippen LogP contribution in [0.4, 0.5) is 0 Å². The largest absolute Gasteiger partial charge is 0.339 e. The first-order chi connectivity index (χ1) is 10.2. The highest BCUT2D eigenvalue weighted by molar-refractivity contribution is 5.98. The van der Waals surface area contributed by atoms with Crippen molar-refractivity contribution in [3.05, 3.63) is 77.9 Å². The summed E-state index contributed by atoms with van der Waals surface area (Å²) in [6.07, 6.45) is 1.99. The monoisotopic (exact) mass is 279 g/mol. The summed E-state index contributed by atoms with van der Waals surface area (Å²) in [5, 5.41) is 3.89. The standard InChI is InChI=1S/C18H17NO2/c1-3-15-9-11-17(12-10-15)14(2)19-21-18(20)13-16-7-5-4-6-8-16/h3-12H,1,13H2,2H3. The molecular formula is C18H17NO2. The molecule has 21 heavy (non-hydrogen) atoms. The van der Waals surface area contributed by atoms with Gasteiger partial charge in [-0.2, -0.15) is 0 Å².